The van der Waals surface area contributed by atoms with Crippen molar-refractivity contribution in [2.45, 2.75) is 43.4 Å². The Labute approximate surface area is 110 Å². The number of hydrogen-bond acceptors (Lipinski definition) is 2. The molecule has 0 heterocycles. The van der Waals surface area contributed by atoms with Crippen molar-refractivity contribution in [1.82, 2.24) is 0 Å². The molecule has 1 aliphatic rings. The lowest BCUT2D eigenvalue weighted by atomic mass is 9.79. The molecule has 1 fully saturated rings. The van der Waals surface area contributed by atoms with Gasteiger partial charge in [-0.05, 0) is 42.4 Å². The van der Waals surface area contributed by atoms with Crippen molar-refractivity contribution in [3.8, 4) is 0 Å². The predicted molar refractivity (Wildman–Crippen MR) is 71.7 cm³/mol. The van der Waals surface area contributed by atoms with Crippen molar-refractivity contribution in [3.63, 3.8) is 0 Å². The van der Waals surface area contributed by atoms with E-state index in [1.165, 1.54) is 6.42 Å². The molecule has 0 aromatic heterocycles. The number of hydrogen-bond donors (Lipinski definition) is 1. The topological polar surface area (TPSA) is 54.4 Å². The summed E-state index contributed by atoms with van der Waals surface area (Å²) in [5, 5.41) is 9.20. The van der Waals surface area contributed by atoms with Crippen molar-refractivity contribution in [2.75, 3.05) is 6.26 Å². The van der Waals surface area contributed by atoms with Gasteiger partial charge in [0, 0.05) is 11.2 Å². The second-order valence-corrected chi connectivity index (χ2v) is 6.07. The summed E-state index contributed by atoms with van der Waals surface area (Å²) >= 11 is 0. The van der Waals surface area contributed by atoms with Gasteiger partial charge < -0.3 is 5.11 Å². The van der Waals surface area contributed by atoms with E-state index < -0.39 is 16.8 Å². The smallest absolute Gasteiger partial charge is 0.336 e. The Morgan fingerprint density at radius 1 is 1.44 bits per heavy atom. The summed E-state index contributed by atoms with van der Waals surface area (Å²) < 4.78 is 12.0. The lowest BCUT2D eigenvalue weighted by molar-refractivity contribution is 0.0695. The van der Waals surface area contributed by atoms with Gasteiger partial charge in [0.15, 0.2) is 0 Å². The first kappa shape index (κ1) is 13.3. The van der Waals surface area contributed by atoms with Crippen LogP contribution in [0, 0.1) is 0 Å². The molecule has 4 heteroatoms. The monoisotopic (exact) mass is 266 g/mol. The van der Waals surface area contributed by atoms with E-state index in [2.05, 4.69) is 0 Å². The molecule has 0 unspecified atom stereocenters. The van der Waals surface area contributed by atoms with Gasteiger partial charge >= 0.3 is 5.97 Å². The summed E-state index contributed by atoms with van der Waals surface area (Å²) in [6.07, 6.45) is 5.71. The van der Waals surface area contributed by atoms with E-state index in [0.29, 0.717) is 17.9 Å². The van der Waals surface area contributed by atoms with Gasteiger partial charge in [-0.3, -0.25) is 4.21 Å². The first-order valence-corrected chi connectivity index (χ1v) is 7.84. The highest BCUT2D eigenvalue weighted by Gasteiger charge is 2.26. The van der Waals surface area contributed by atoms with Crippen molar-refractivity contribution >= 4 is 16.8 Å². The molecule has 18 heavy (non-hydrogen) atoms. The van der Waals surface area contributed by atoms with Gasteiger partial charge in [-0.1, -0.05) is 19.4 Å². The standard InChI is InChI=1S/C14H18O3S/c1-3-10-12(14(15)16)8-7-11(9-5-4-6-9)13(10)18(2)17/h7-9H,3-6H2,1-2H3,(H,15,16)/t18-/m1/s1. The quantitative estimate of drug-likeness (QED) is 0.911. The summed E-state index contributed by atoms with van der Waals surface area (Å²) in [6.45, 7) is 1.92. The lowest BCUT2D eigenvalue weighted by Gasteiger charge is -2.28. The van der Waals surface area contributed by atoms with Crippen LogP contribution >= 0.6 is 0 Å². The number of carboxylic acids is 1. The van der Waals surface area contributed by atoms with Crippen LogP contribution in [0.15, 0.2) is 17.0 Å². The van der Waals surface area contributed by atoms with Gasteiger partial charge in [0.1, 0.15) is 0 Å². The molecule has 2 rings (SSSR count). The average Bonchev–Trinajstić information content (AvgIpc) is 2.25. The number of carboxylic acid groups (broad SMARTS) is 1. The van der Waals surface area contributed by atoms with Crippen molar-refractivity contribution < 1.29 is 14.1 Å². The van der Waals surface area contributed by atoms with E-state index in [4.69, 9.17) is 0 Å². The maximum atomic E-state index is 12.0. The lowest BCUT2D eigenvalue weighted by Crippen LogP contribution is -2.15. The number of rotatable bonds is 4. The zero-order chi connectivity index (χ0) is 13.3. The van der Waals surface area contributed by atoms with E-state index >= 15 is 0 Å². The minimum Gasteiger partial charge on any atom is -0.478 e. The van der Waals surface area contributed by atoms with Crippen molar-refractivity contribution in [2.24, 2.45) is 0 Å². The molecular weight excluding hydrogens is 248 g/mol. The maximum Gasteiger partial charge on any atom is 0.336 e. The fourth-order valence-corrected chi connectivity index (χ4v) is 3.75. The molecule has 0 saturated heterocycles. The van der Waals surface area contributed by atoms with E-state index in [0.717, 1.165) is 28.9 Å². The molecule has 1 aliphatic carbocycles. The largest absolute Gasteiger partial charge is 0.478 e. The van der Waals surface area contributed by atoms with Crippen LogP contribution in [0.4, 0.5) is 0 Å². The molecule has 0 radical (unpaired) electrons. The third-order valence-corrected chi connectivity index (χ3v) is 4.76. The van der Waals surface area contributed by atoms with E-state index in [1.54, 1.807) is 12.3 Å². The Balaban J connectivity index is 2.62. The first-order valence-electron chi connectivity index (χ1n) is 6.28. The van der Waals surface area contributed by atoms with Gasteiger partial charge in [0.05, 0.1) is 16.4 Å². The molecule has 0 spiro atoms. The van der Waals surface area contributed by atoms with Crippen LogP contribution in [-0.4, -0.2) is 21.5 Å². The van der Waals surface area contributed by atoms with Crippen LogP contribution in [0.5, 0.6) is 0 Å². The Bertz CT molecular complexity index is 504. The molecule has 1 N–H and O–H groups in total. The fraction of sp³-hybridized carbons (Fsp3) is 0.500. The molecule has 1 aromatic carbocycles. The molecule has 1 atom stereocenters. The molecule has 98 valence electrons. The van der Waals surface area contributed by atoms with Gasteiger partial charge in [-0.2, -0.15) is 0 Å². The van der Waals surface area contributed by atoms with Gasteiger partial charge in [-0.25, -0.2) is 4.79 Å². The molecule has 1 aromatic rings. The van der Waals surface area contributed by atoms with Crippen LogP contribution in [0.1, 0.15) is 53.6 Å². The zero-order valence-corrected chi connectivity index (χ0v) is 11.5. The first-order chi connectivity index (χ1) is 8.56. The molecule has 0 amide bonds. The summed E-state index contributed by atoms with van der Waals surface area (Å²) in [7, 11) is -1.13. The van der Waals surface area contributed by atoms with E-state index in [1.807, 2.05) is 13.0 Å². The Kier molecular flexibility index (Phi) is 3.85. The minimum atomic E-state index is -1.13. The highest BCUT2D eigenvalue weighted by Crippen LogP contribution is 2.40. The average molecular weight is 266 g/mol. The van der Waals surface area contributed by atoms with Gasteiger partial charge in [0.25, 0.3) is 0 Å². The minimum absolute atomic E-state index is 0.297. The molecule has 3 nitrogen and oxygen atoms in total. The van der Waals surface area contributed by atoms with Crippen molar-refractivity contribution in [3.05, 3.63) is 28.8 Å². The Morgan fingerprint density at radius 2 is 2.11 bits per heavy atom. The summed E-state index contributed by atoms with van der Waals surface area (Å²) in [5.41, 5.74) is 2.14. The SMILES string of the molecule is CCc1c(C(=O)O)ccc(C2CCC2)c1[S@@](C)=O. The Morgan fingerprint density at radius 3 is 2.50 bits per heavy atom. The third-order valence-electron chi connectivity index (χ3n) is 3.71. The predicted octanol–water partition coefficient (Wildman–Crippen LogP) is 2.95. The highest BCUT2D eigenvalue weighted by molar-refractivity contribution is 7.84. The van der Waals surface area contributed by atoms with Crippen LogP contribution in [0.25, 0.3) is 0 Å². The van der Waals surface area contributed by atoms with E-state index in [-0.39, 0.29) is 0 Å². The highest BCUT2D eigenvalue weighted by atomic mass is 32.2. The van der Waals surface area contributed by atoms with Crippen LogP contribution in [0.3, 0.4) is 0 Å². The van der Waals surface area contributed by atoms with E-state index in [9.17, 15) is 14.1 Å². The second-order valence-electron chi connectivity index (χ2n) is 4.75. The molecule has 0 bridgehead atoms. The number of carbonyl (C=O) groups is 1. The normalized spacial score (nSPS) is 17.2. The third kappa shape index (κ3) is 2.21. The molecular formula is C14H18O3S. The maximum absolute atomic E-state index is 12.0. The van der Waals surface area contributed by atoms with Gasteiger partial charge in [-0.15, -0.1) is 0 Å². The second kappa shape index (κ2) is 5.22. The number of aromatic carboxylic acids is 1. The van der Waals surface area contributed by atoms with Crippen molar-refractivity contribution in [1.29, 1.82) is 0 Å². The van der Waals surface area contributed by atoms with Crippen LogP contribution in [-0.2, 0) is 17.2 Å². The van der Waals surface area contributed by atoms with Crippen LogP contribution in [0.2, 0.25) is 0 Å². The molecule has 0 aliphatic heterocycles. The summed E-state index contributed by atoms with van der Waals surface area (Å²) in [6, 6.07) is 3.54. The zero-order valence-electron chi connectivity index (χ0n) is 10.7. The van der Waals surface area contributed by atoms with Crippen LogP contribution < -0.4 is 0 Å². The summed E-state index contributed by atoms with van der Waals surface area (Å²) in [4.78, 5) is 12.0. The Hall–Kier alpha value is -1.16. The van der Waals surface area contributed by atoms with Gasteiger partial charge in [0.2, 0.25) is 0 Å². The summed E-state index contributed by atoms with van der Waals surface area (Å²) in [5.74, 6) is -0.462. The number of benzene rings is 1. The fourth-order valence-electron chi connectivity index (χ4n) is 2.58. The molecule has 1 saturated carbocycles.